The zero-order valence-electron chi connectivity index (χ0n) is 12.3. The smallest absolute Gasteiger partial charge is 0.213 e. The minimum absolute atomic E-state index is 0.0596. The fraction of sp³-hybridized carbons (Fsp3) is 0.353. The van der Waals surface area contributed by atoms with Crippen molar-refractivity contribution < 1.29 is 4.74 Å². The van der Waals surface area contributed by atoms with E-state index in [0.717, 1.165) is 18.1 Å². The lowest BCUT2D eigenvalue weighted by atomic mass is 9.86. The van der Waals surface area contributed by atoms with Crippen molar-refractivity contribution in [2.75, 3.05) is 13.1 Å². The molecule has 0 saturated carbocycles. The predicted octanol–water partition coefficient (Wildman–Crippen LogP) is 4.16. The first kappa shape index (κ1) is 15.6. The van der Waals surface area contributed by atoms with E-state index in [4.69, 9.17) is 27.9 Å². The van der Waals surface area contributed by atoms with E-state index in [2.05, 4.69) is 29.4 Å². The average Bonchev–Trinajstić information content (AvgIpc) is 3.00. The zero-order chi connectivity index (χ0) is 15.5. The minimum atomic E-state index is 0.0596. The van der Waals surface area contributed by atoms with E-state index in [1.807, 2.05) is 12.1 Å². The molecule has 1 aliphatic heterocycles. The van der Waals surface area contributed by atoms with Gasteiger partial charge in [0, 0.05) is 42.2 Å². The molecule has 2 aromatic rings. The number of ether oxygens (including phenoxy) is 1. The van der Waals surface area contributed by atoms with E-state index in [0.29, 0.717) is 22.7 Å². The number of nitrogens with zero attached hydrogens (tertiary/aromatic N) is 1. The molecule has 1 fully saturated rings. The Morgan fingerprint density at radius 1 is 1.09 bits per heavy atom. The number of nitrogens with one attached hydrogen (secondary N) is 1. The van der Waals surface area contributed by atoms with Gasteiger partial charge in [0.25, 0.3) is 0 Å². The van der Waals surface area contributed by atoms with E-state index in [-0.39, 0.29) is 6.10 Å². The van der Waals surface area contributed by atoms with Gasteiger partial charge in [-0.25, -0.2) is 4.98 Å². The highest BCUT2D eigenvalue weighted by atomic mass is 35.5. The van der Waals surface area contributed by atoms with Gasteiger partial charge in [-0.1, -0.05) is 35.3 Å². The van der Waals surface area contributed by atoms with E-state index in [1.54, 1.807) is 18.3 Å². The molecule has 116 valence electrons. The predicted molar refractivity (Wildman–Crippen MR) is 89.9 cm³/mol. The summed E-state index contributed by atoms with van der Waals surface area (Å²) in [6.07, 6.45) is 1.66. The molecule has 1 aliphatic rings. The molecule has 2 unspecified atom stereocenters. The van der Waals surface area contributed by atoms with E-state index in [1.165, 1.54) is 5.56 Å². The largest absolute Gasteiger partial charge is 0.474 e. The summed E-state index contributed by atoms with van der Waals surface area (Å²) in [6, 6.07) is 11.7. The van der Waals surface area contributed by atoms with Gasteiger partial charge in [-0.15, -0.1) is 0 Å². The lowest BCUT2D eigenvalue weighted by Crippen LogP contribution is -2.29. The summed E-state index contributed by atoms with van der Waals surface area (Å²) in [6.45, 7) is 3.98. The molecule has 1 saturated heterocycles. The van der Waals surface area contributed by atoms with Gasteiger partial charge in [0.15, 0.2) is 0 Å². The molecule has 1 aromatic heterocycles. The van der Waals surface area contributed by atoms with Crippen LogP contribution in [0.3, 0.4) is 0 Å². The topological polar surface area (TPSA) is 34.1 Å². The Bertz CT molecular complexity index is 616. The van der Waals surface area contributed by atoms with Gasteiger partial charge in [0.05, 0.1) is 5.02 Å². The molecule has 0 amide bonds. The Morgan fingerprint density at radius 2 is 1.82 bits per heavy atom. The quantitative estimate of drug-likeness (QED) is 0.910. The molecule has 0 spiro atoms. The third-order valence-corrected chi connectivity index (χ3v) is 4.64. The number of hydrogen-bond donors (Lipinski definition) is 1. The normalized spacial score (nSPS) is 22.5. The van der Waals surface area contributed by atoms with Crippen LogP contribution in [0.2, 0.25) is 10.0 Å². The Hall–Kier alpha value is -1.29. The summed E-state index contributed by atoms with van der Waals surface area (Å²) in [4.78, 5) is 4.21. The number of hydrogen-bond acceptors (Lipinski definition) is 3. The molecule has 5 heteroatoms. The molecule has 3 atom stereocenters. The van der Waals surface area contributed by atoms with Gasteiger partial charge in [-0.3, -0.25) is 0 Å². The first-order valence-corrected chi connectivity index (χ1v) is 8.13. The van der Waals surface area contributed by atoms with Crippen LogP contribution in [0.4, 0.5) is 0 Å². The fourth-order valence-electron chi connectivity index (χ4n) is 2.98. The summed E-state index contributed by atoms with van der Waals surface area (Å²) < 4.78 is 5.99. The molecule has 22 heavy (non-hydrogen) atoms. The lowest BCUT2D eigenvalue weighted by molar-refractivity contribution is 0.145. The standard InChI is InChI=1S/C17H18Cl2N2O/c1-11(22-17-7-6-14(19)8-21-17)15-9-20-10-16(15)12-2-4-13(18)5-3-12/h2-8,11,15-16,20H,9-10H2,1H3/t11-,15?,16?/m0/s1. The van der Waals surface area contributed by atoms with E-state index >= 15 is 0 Å². The molecule has 0 aliphatic carbocycles. The first-order valence-electron chi connectivity index (χ1n) is 7.38. The lowest BCUT2D eigenvalue weighted by Gasteiger charge is -2.25. The third kappa shape index (κ3) is 3.54. The van der Waals surface area contributed by atoms with Crippen molar-refractivity contribution in [1.82, 2.24) is 10.3 Å². The zero-order valence-corrected chi connectivity index (χ0v) is 13.8. The van der Waals surface area contributed by atoms with Gasteiger partial charge >= 0.3 is 0 Å². The van der Waals surface area contributed by atoms with Gasteiger partial charge < -0.3 is 10.1 Å². The molecular formula is C17H18Cl2N2O. The third-order valence-electron chi connectivity index (χ3n) is 4.17. The van der Waals surface area contributed by atoms with Crippen LogP contribution in [0.1, 0.15) is 18.4 Å². The number of halogens is 2. The minimum Gasteiger partial charge on any atom is -0.474 e. The maximum Gasteiger partial charge on any atom is 0.213 e. The summed E-state index contributed by atoms with van der Waals surface area (Å²) >= 11 is 11.8. The molecule has 2 heterocycles. The van der Waals surface area contributed by atoms with Gasteiger partial charge in [0.2, 0.25) is 5.88 Å². The van der Waals surface area contributed by atoms with Crippen LogP contribution >= 0.6 is 23.2 Å². The van der Waals surface area contributed by atoms with Crippen molar-refractivity contribution in [3.05, 3.63) is 58.2 Å². The Morgan fingerprint density at radius 3 is 2.50 bits per heavy atom. The van der Waals surface area contributed by atoms with Gasteiger partial charge in [-0.2, -0.15) is 0 Å². The summed E-state index contributed by atoms with van der Waals surface area (Å²) in [5, 5.41) is 4.83. The summed E-state index contributed by atoms with van der Waals surface area (Å²) in [7, 11) is 0. The SMILES string of the molecule is C[C@H](Oc1ccc(Cl)cn1)C1CNCC1c1ccc(Cl)cc1. The van der Waals surface area contributed by atoms with Crippen molar-refractivity contribution in [2.24, 2.45) is 5.92 Å². The van der Waals surface area contributed by atoms with Crippen LogP contribution in [0, 0.1) is 5.92 Å². The molecule has 3 nitrogen and oxygen atoms in total. The Labute approximate surface area is 140 Å². The van der Waals surface area contributed by atoms with Crippen LogP contribution in [0.5, 0.6) is 5.88 Å². The summed E-state index contributed by atoms with van der Waals surface area (Å²) in [5.74, 6) is 1.41. The monoisotopic (exact) mass is 336 g/mol. The van der Waals surface area contributed by atoms with Crippen molar-refractivity contribution in [1.29, 1.82) is 0 Å². The molecule has 3 rings (SSSR count). The Balaban J connectivity index is 1.71. The van der Waals surface area contributed by atoms with Crippen LogP contribution in [0.15, 0.2) is 42.6 Å². The molecular weight excluding hydrogens is 319 g/mol. The maximum atomic E-state index is 5.99. The molecule has 1 N–H and O–H groups in total. The van der Waals surface area contributed by atoms with Crippen LogP contribution in [0.25, 0.3) is 0 Å². The summed E-state index contributed by atoms with van der Waals surface area (Å²) in [5.41, 5.74) is 1.29. The highest BCUT2D eigenvalue weighted by molar-refractivity contribution is 6.30. The van der Waals surface area contributed by atoms with Crippen molar-refractivity contribution >= 4 is 23.2 Å². The maximum absolute atomic E-state index is 5.99. The van der Waals surface area contributed by atoms with Crippen LogP contribution in [-0.2, 0) is 0 Å². The van der Waals surface area contributed by atoms with Gasteiger partial charge in [-0.05, 0) is 30.7 Å². The molecule has 0 radical (unpaired) electrons. The highest BCUT2D eigenvalue weighted by Gasteiger charge is 2.33. The van der Waals surface area contributed by atoms with Crippen molar-refractivity contribution in [2.45, 2.75) is 18.9 Å². The first-order chi connectivity index (χ1) is 10.6. The molecule has 1 aromatic carbocycles. The second-order valence-corrected chi connectivity index (χ2v) is 6.49. The van der Waals surface area contributed by atoms with Crippen LogP contribution < -0.4 is 10.1 Å². The van der Waals surface area contributed by atoms with Crippen molar-refractivity contribution in [3.8, 4) is 5.88 Å². The number of rotatable bonds is 4. The van der Waals surface area contributed by atoms with E-state index in [9.17, 15) is 0 Å². The number of benzene rings is 1. The number of aromatic nitrogens is 1. The van der Waals surface area contributed by atoms with E-state index < -0.39 is 0 Å². The highest BCUT2D eigenvalue weighted by Crippen LogP contribution is 2.32. The van der Waals surface area contributed by atoms with Gasteiger partial charge in [0.1, 0.15) is 6.10 Å². The number of pyridine rings is 1. The molecule has 0 bridgehead atoms. The van der Waals surface area contributed by atoms with Crippen molar-refractivity contribution in [3.63, 3.8) is 0 Å². The fourth-order valence-corrected chi connectivity index (χ4v) is 3.21. The average molecular weight is 337 g/mol. The second kappa shape index (κ2) is 6.86. The second-order valence-electron chi connectivity index (χ2n) is 5.62. The Kier molecular flexibility index (Phi) is 4.87. The van der Waals surface area contributed by atoms with Crippen LogP contribution in [-0.4, -0.2) is 24.2 Å².